The van der Waals surface area contributed by atoms with Gasteiger partial charge in [-0.15, -0.1) is 16.2 Å². The zero-order valence-electron chi connectivity index (χ0n) is 15.6. The first-order valence-corrected chi connectivity index (χ1v) is 10.5. The fourth-order valence-electron chi connectivity index (χ4n) is 2.25. The molecule has 0 saturated carbocycles. The highest BCUT2D eigenvalue weighted by molar-refractivity contribution is 7.89. The van der Waals surface area contributed by atoms with Gasteiger partial charge < -0.3 is 5.32 Å². The molecule has 3 N–H and O–H groups in total. The molecule has 0 unspecified atom stereocenters. The maximum atomic E-state index is 12.4. The van der Waals surface area contributed by atoms with Gasteiger partial charge in [0.1, 0.15) is 6.33 Å². The Bertz CT molecular complexity index is 1140. The van der Waals surface area contributed by atoms with Crippen molar-refractivity contribution in [1.29, 1.82) is 0 Å². The fraction of sp³-hybridized carbons (Fsp3) is 0.188. The summed E-state index contributed by atoms with van der Waals surface area (Å²) in [5.41, 5.74) is 3.46. The van der Waals surface area contributed by atoms with Crippen molar-refractivity contribution in [2.24, 2.45) is 0 Å². The number of nitrogens with one attached hydrogen (secondary N) is 3. The lowest BCUT2D eigenvalue weighted by Gasteiger charge is -2.10. The SMILES string of the molecule is Cc1ccc(S(=O)(=O)NNc2ncnc(Nc3nc(C)c(C)s3)c2[N+](=O)[O-])cc1. The van der Waals surface area contributed by atoms with E-state index >= 15 is 0 Å². The number of aryl methyl sites for hydroxylation is 3. The Kier molecular flexibility index (Phi) is 5.72. The number of nitro groups is 1. The standard InChI is InChI=1S/C16H17N7O4S2/c1-9-4-6-12(7-5-9)29(26,27)22-21-15-13(23(24)25)14(17-8-18-15)20-16-19-10(2)11(3)28-16/h4-8,22H,1-3H3,(H2,17,18,19,20,21). The average Bonchev–Trinajstić information content (AvgIpc) is 2.97. The zero-order chi connectivity index (χ0) is 21.2. The summed E-state index contributed by atoms with van der Waals surface area (Å²) < 4.78 is 24.8. The molecule has 0 aliphatic heterocycles. The van der Waals surface area contributed by atoms with Crippen LogP contribution in [-0.4, -0.2) is 28.3 Å². The van der Waals surface area contributed by atoms with Crippen LogP contribution in [0.25, 0.3) is 0 Å². The van der Waals surface area contributed by atoms with Crippen molar-refractivity contribution in [3.05, 3.63) is 56.8 Å². The Morgan fingerprint density at radius 3 is 2.31 bits per heavy atom. The molecule has 0 atom stereocenters. The molecule has 0 bridgehead atoms. The van der Waals surface area contributed by atoms with E-state index in [4.69, 9.17) is 0 Å². The largest absolute Gasteiger partial charge is 0.355 e. The lowest BCUT2D eigenvalue weighted by molar-refractivity contribution is -0.383. The molecule has 1 aromatic carbocycles. The summed E-state index contributed by atoms with van der Waals surface area (Å²) in [5.74, 6) is -0.427. The Hall–Kier alpha value is -3.16. The normalized spacial score (nSPS) is 11.3. The number of benzene rings is 1. The summed E-state index contributed by atoms with van der Waals surface area (Å²) in [6.45, 7) is 5.52. The Morgan fingerprint density at radius 1 is 1.07 bits per heavy atom. The fourth-order valence-corrected chi connectivity index (χ4v) is 3.91. The lowest BCUT2D eigenvalue weighted by Crippen LogP contribution is -2.30. The number of rotatable bonds is 7. The highest BCUT2D eigenvalue weighted by Crippen LogP contribution is 2.32. The van der Waals surface area contributed by atoms with Gasteiger partial charge in [-0.05, 0) is 32.9 Å². The second-order valence-electron chi connectivity index (χ2n) is 6.01. The highest BCUT2D eigenvalue weighted by atomic mass is 32.2. The molecule has 0 fully saturated rings. The van der Waals surface area contributed by atoms with E-state index in [9.17, 15) is 18.5 Å². The van der Waals surface area contributed by atoms with E-state index in [1.54, 1.807) is 12.1 Å². The van der Waals surface area contributed by atoms with Gasteiger partial charge in [0, 0.05) is 4.88 Å². The second kappa shape index (κ2) is 8.06. The Balaban J connectivity index is 1.87. The van der Waals surface area contributed by atoms with E-state index in [-0.39, 0.29) is 16.5 Å². The number of hydrogen-bond donors (Lipinski definition) is 3. The van der Waals surface area contributed by atoms with Gasteiger partial charge >= 0.3 is 5.69 Å². The van der Waals surface area contributed by atoms with Crippen LogP contribution in [0, 0.1) is 30.9 Å². The van der Waals surface area contributed by atoms with Gasteiger partial charge in [0.15, 0.2) is 5.13 Å². The smallest absolute Gasteiger partial charge is 0.310 e. The van der Waals surface area contributed by atoms with E-state index in [2.05, 4.69) is 30.5 Å². The first-order chi connectivity index (χ1) is 13.7. The molecule has 0 saturated heterocycles. The van der Waals surface area contributed by atoms with Crippen LogP contribution in [0.5, 0.6) is 0 Å². The molecule has 13 heteroatoms. The van der Waals surface area contributed by atoms with E-state index < -0.39 is 20.6 Å². The van der Waals surface area contributed by atoms with Crippen molar-refractivity contribution in [1.82, 2.24) is 19.8 Å². The molecule has 0 radical (unpaired) electrons. The second-order valence-corrected chi connectivity index (χ2v) is 8.89. The molecule has 0 spiro atoms. The van der Waals surface area contributed by atoms with Gasteiger partial charge in [-0.1, -0.05) is 17.7 Å². The molecule has 152 valence electrons. The van der Waals surface area contributed by atoms with Crippen LogP contribution >= 0.6 is 11.3 Å². The maximum absolute atomic E-state index is 12.4. The molecule has 2 aromatic heterocycles. The van der Waals surface area contributed by atoms with Crippen LogP contribution < -0.4 is 15.6 Å². The van der Waals surface area contributed by atoms with Crippen LogP contribution in [0.3, 0.4) is 0 Å². The predicted octanol–water partition coefficient (Wildman–Crippen LogP) is 2.82. The third-order valence-corrected chi connectivity index (χ3v) is 6.15. The molecule has 0 aliphatic carbocycles. The van der Waals surface area contributed by atoms with Crippen LogP contribution in [0.4, 0.5) is 22.5 Å². The van der Waals surface area contributed by atoms with Gasteiger partial charge in [0.25, 0.3) is 10.0 Å². The molecule has 11 nitrogen and oxygen atoms in total. The van der Waals surface area contributed by atoms with Gasteiger partial charge in [-0.2, -0.15) is 0 Å². The molecule has 2 heterocycles. The lowest BCUT2D eigenvalue weighted by atomic mass is 10.2. The minimum Gasteiger partial charge on any atom is -0.310 e. The molecule has 3 rings (SSSR count). The van der Waals surface area contributed by atoms with E-state index in [0.717, 1.165) is 22.5 Å². The number of thiazole rings is 1. The minimum absolute atomic E-state index is 0.000561. The van der Waals surface area contributed by atoms with Crippen molar-refractivity contribution in [2.45, 2.75) is 25.7 Å². The van der Waals surface area contributed by atoms with Crippen molar-refractivity contribution in [2.75, 3.05) is 10.7 Å². The monoisotopic (exact) mass is 435 g/mol. The van der Waals surface area contributed by atoms with Crippen molar-refractivity contribution in [3.63, 3.8) is 0 Å². The Labute approximate surface area is 170 Å². The number of sulfonamides is 1. The summed E-state index contributed by atoms with van der Waals surface area (Å²) in [5, 5.41) is 14.8. The van der Waals surface area contributed by atoms with Gasteiger partial charge in [0.2, 0.25) is 11.6 Å². The van der Waals surface area contributed by atoms with Crippen LogP contribution in [0.15, 0.2) is 35.5 Å². The van der Waals surface area contributed by atoms with Crippen LogP contribution in [0.2, 0.25) is 0 Å². The highest BCUT2D eigenvalue weighted by Gasteiger charge is 2.25. The van der Waals surface area contributed by atoms with Crippen molar-refractivity contribution >= 4 is 43.8 Å². The summed E-state index contributed by atoms with van der Waals surface area (Å²) >= 11 is 1.31. The quantitative estimate of drug-likeness (QED) is 0.375. The third kappa shape index (κ3) is 4.64. The molecular formula is C16H17N7O4S2. The maximum Gasteiger partial charge on any atom is 0.355 e. The summed E-state index contributed by atoms with van der Waals surface area (Å²) in [6.07, 6.45) is 1.07. The van der Waals surface area contributed by atoms with Crippen molar-refractivity contribution < 1.29 is 13.3 Å². The number of nitrogens with zero attached hydrogens (tertiary/aromatic N) is 4. The molecule has 3 aromatic rings. The van der Waals surface area contributed by atoms with E-state index in [1.165, 1.54) is 23.5 Å². The Morgan fingerprint density at radius 2 is 1.72 bits per heavy atom. The van der Waals surface area contributed by atoms with E-state index in [1.807, 2.05) is 20.8 Å². The first kappa shape index (κ1) is 20.6. The number of aromatic nitrogens is 3. The van der Waals surface area contributed by atoms with Crippen molar-refractivity contribution in [3.8, 4) is 0 Å². The van der Waals surface area contributed by atoms with Crippen LogP contribution in [-0.2, 0) is 10.0 Å². The molecule has 0 amide bonds. The molecular weight excluding hydrogens is 418 g/mol. The summed E-state index contributed by atoms with van der Waals surface area (Å²) in [6, 6.07) is 6.13. The van der Waals surface area contributed by atoms with E-state index in [0.29, 0.717) is 5.13 Å². The topological polar surface area (TPSA) is 152 Å². The first-order valence-electron chi connectivity index (χ1n) is 8.22. The molecule has 29 heavy (non-hydrogen) atoms. The van der Waals surface area contributed by atoms with Gasteiger partial charge in [-0.25, -0.2) is 23.4 Å². The average molecular weight is 435 g/mol. The number of anilines is 3. The minimum atomic E-state index is -3.97. The number of hydrazine groups is 1. The van der Waals surface area contributed by atoms with Crippen LogP contribution in [0.1, 0.15) is 16.1 Å². The third-order valence-electron chi connectivity index (χ3n) is 3.89. The predicted molar refractivity (Wildman–Crippen MR) is 109 cm³/mol. The van der Waals surface area contributed by atoms with Gasteiger partial charge in [0.05, 0.1) is 15.5 Å². The zero-order valence-corrected chi connectivity index (χ0v) is 17.3. The summed E-state index contributed by atoms with van der Waals surface area (Å²) in [7, 11) is -3.97. The molecule has 0 aliphatic rings. The number of hydrogen-bond acceptors (Lipinski definition) is 10. The van der Waals surface area contributed by atoms with Gasteiger partial charge in [-0.3, -0.25) is 15.5 Å². The summed E-state index contributed by atoms with van der Waals surface area (Å²) in [4.78, 5) is 25.9.